The molecule has 2 saturated heterocycles. The number of hydrogen-bond acceptors (Lipinski definition) is 4. The summed E-state index contributed by atoms with van der Waals surface area (Å²) in [5, 5.41) is 4.06. The number of carbonyl (C=O) groups is 2. The van der Waals surface area contributed by atoms with Gasteiger partial charge in [0, 0.05) is 0 Å². The minimum absolute atomic E-state index is 0.274. The fraction of sp³-hybridized carbons (Fsp3) is 0.222. The molecule has 4 rings (SSSR count). The molecule has 1 N–H and O–H groups in total. The van der Waals surface area contributed by atoms with Crippen molar-refractivity contribution in [3.8, 4) is 0 Å². The van der Waals surface area contributed by atoms with Crippen molar-refractivity contribution in [2.24, 2.45) is 5.92 Å². The average Bonchev–Trinajstić information content (AvgIpc) is 3.08. The second-order valence-corrected chi connectivity index (χ2v) is 5.92. The molecule has 0 radical (unpaired) electrons. The Kier molecular flexibility index (Phi) is 3.16. The number of nitrogens with one attached hydrogen (secondary N) is 1. The minimum Gasteiger partial charge on any atom is -0.294 e. The molecule has 0 spiro atoms. The Morgan fingerprint density at radius 2 is 1.65 bits per heavy atom. The lowest BCUT2D eigenvalue weighted by molar-refractivity contribution is -0.129. The monoisotopic (exact) mass is 308 g/mol. The van der Waals surface area contributed by atoms with Gasteiger partial charge in [-0.25, -0.2) is 5.06 Å². The predicted molar refractivity (Wildman–Crippen MR) is 84.4 cm³/mol. The van der Waals surface area contributed by atoms with Crippen molar-refractivity contribution < 1.29 is 14.4 Å². The molecule has 23 heavy (non-hydrogen) atoms. The molecule has 0 aromatic heterocycles. The summed E-state index contributed by atoms with van der Waals surface area (Å²) < 4.78 is 0. The van der Waals surface area contributed by atoms with Crippen LogP contribution in [0.5, 0.6) is 0 Å². The van der Waals surface area contributed by atoms with Crippen LogP contribution in [0.3, 0.4) is 0 Å². The van der Waals surface area contributed by atoms with Gasteiger partial charge in [0.15, 0.2) is 6.10 Å². The van der Waals surface area contributed by atoms with Gasteiger partial charge in [-0.3, -0.25) is 19.7 Å². The number of para-hydroxylation sites is 1. The van der Waals surface area contributed by atoms with Crippen molar-refractivity contribution in [1.82, 2.24) is 5.32 Å². The van der Waals surface area contributed by atoms with Gasteiger partial charge in [0.25, 0.3) is 5.91 Å². The standard InChI is InChI=1S/C18H16N2O3/c1-11-7-9-12(10-8-11)15-14-16(18(22)19-17(14)21)23-20(15)13-5-3-2-4-6-13/h2-10,14-16H,1H3,(H,19,21,22)/t14-,15+,16+/m1/s1. The second-order valence-electron chi connectivity index (χ2n) is 5.92. The Hall–Kier alpha value is -2.66. The van der Waals surface area contributed by atoms with Crippen molar-refractivity contribution in [2.45, 2.75) is 19.1 Å². The number of carbonyl (C=O) groups excluding carboxylic acids is 2. The maximum Gasteiger partial charge on any atom is 0.259 e. The molecule has 0 aliphatic carbocycles. The lowest BCUT2D eigenvalue weighted by Crippen LogP contribution is -2.33. The molecule has 2 aliphatic heterocycles. The Bertz CT molecular complexity index is 758. The zero-order valence-corrected chi connectivity index (χ0v) is 12.6. The highest BCUT2D eigenvalue weighted by Crippen LogP contribution is 2.44. The lowest BCUT2D eigenvalue weighted by atomic mass is 9.90. The molecular formula is C18H16N2O3. The van der Waals surface area contributed by atoms with Crippen molar-refractivity contribution in [3.05, 3.63) is 65.7 Å². The molecule has 2 heterocycles. The number of fused-ring (bicyclic) bond motifs is 1. The molecule has 116 valence electrons. The zero-order chi connectivity index (χ0) is 16.0. The SMILES string of the molecule is Cc1ccc([C@H]2[C@H]3C(=O)NC(=O)[C@H]3ON2c2ccccc2)cc1. The summed E-state index contributed by atoms with van der Waals surface area (Å²) in [6, 6.07) is 17.2. The fourth-order valence-corrected chi connectivity index (χ4v) is 3.24. The molecule has 5 nitrogen and oxygen atoms in total. The largest absolute Gasteiger partial charge is 0.294 e. The zero-order valence-electron chi connectivity index (χ0n) is 12.6. The Balaban J connectivity index is 1.80. The molecule has 5 heteroatoms. The van der Waals surface area contributed by atoms with Gasteiger partial charge in [-0.15, -0.1) is 0 Å². The van der Waals surface area contributed by atoms with Gasteiger partial charge in [-0.2, -0.15) is 0 Å². The van der Waals surface area contributed by atoms with Gasteiger partial charge in [0.2, 0.25) is 5.91 Å². The topological polar surface area (TPSA) is 58.6 Å². The number of anilines is 1. The van der Waals surface area contributed by atoms with Crippen LogP contribution >= 0.6 is 0 Å². The van der Waals surface area contributed by atoms with Crippen LogP contribution in [0, 0.1) is 12.8 Å². The third-order valence-corrected chi connectivity index (χ3v) is 4.38. The summed E-state index contributed by atoms with van der Waals surface area (Å²) in [5.74, 6) is -1.18. The minimum atomic E-state index is -0.769. The summed E-state index contributed by atoms with van der Waals surface area (Å²) in [6.45, 7) is 2.01. The van der Waals surface area contributed by atoms with E-state index in [9.17, 15) is 9.59 Å². The first-order valence-corrected chi connectivity index (χ1v) is 7.57. The van der Waals surface area contributed by atoms with Crippen LogP contribution in [0.1, 0.15) is 17.2 Å². The first-order valence-electron chi connectivity index (χ1n) is 7.57. The average molecular weight is 308 g/mol. The van der Waals surface area contributed by atoms with E-state index in [0.717, 1.165) is 16.8 Å². The van der Waals surface area contributed by atoms with Crippen molar-refractivity contribution >= 4 is 17.5 Å². The highest BCUT2D eigenvalue weighted by atomic mass is 16.7. The third kappa shape index (κ3) is 2.21. The van der Waals surface area contributed by atoms with E-state index < -0.39 is 12.0 Å². The first kappa shape index (κ1) is 14.0. The van der Waals surface area contributed by atoms with E-state index in [2.05, 4.69) is 5.32 Å². The van der Waals surface area contributed by atoms with Gasteiger partial charge in [-0.1, -0.05) is 48.0 Å². The number of rotatable bonds is 2. The Labute approximate surface area is 133 Å². The third-order valence-electron chi connectivity index (χ3n) is 4.38. The van der Waals surface area contributed by atoms with Crippen LogP contribution in [-0.2, 0) is 14.4 Å². The quantitative estimate of drug-likeness (QED) is 0.864. The van der Waals surface area contributed by atoms with Crippen molar-refractivity contribution in [1.29, 1.82) is 0 Å². The summed E-state index contributed by atoms with van der Waals surface area (Å²) in [7, 11) is 0. The van der Waals surface area contributed by atoms with Crippen LogP contribution in [-0.4, -0.2) is 17.9 Å². The number of hydrogen-bond donors (Lipinski definition) is 1. The van der Waals surface area contributed by atoms with Gasteiger partial charge >= 0.3 is 0 Å². The van der Waals surface area contributed by atoms with E-state index in [-0.39, 0.29) is 17.9 Å². The van der Waals surface area contributed by atoms with Crippen LogP contribution in [0.15, 0.2) is 54.6 Å². The number of imide groups is 1. The highest BCUT2D eigenvalue weighted by Gasteiger charge is 2.56. The Morgan fingerprint density at radius 3 is 2.35 bits per heavy atom. The van der Waals surface area contributed by atoms with Crippen LogP contribution in [0.2, 0.25) is 0 Å². The number of benzene rings is 2. The predicted octanol–water partition coefficient (Wildman–Crippen LogP) is 2.13. The van der Waals surface area contributed by atoms with E-state index in [4.69, 9.17) is 4.84 Å². The molecular weight excluding hydrogens is 292 g/mol. The molecule has 2 aromatic carbocycles. The number of amides is 2. The number of hydroxylamine groups is 1. The number of aryl methyl sites for hydroxylation is 1. The molecule has 0 bridgehead atoms. The summed E-state index contributed by atoms with van der Waals surface area (Å²) in [4.78, 5) is 30.1. The summed E-state index contributed by atoms with van der Waals surface area (Å²) in [5.41, 5.74) is 2.92. The Morgan fingerprint density at radius 1 is 0.957 bits per heavy atom. The number of nitrogens with zero attached hydrogens (tertiary/aromatic N) is 1. The van der Waals surface area contributed by atoms with Gasteiger partial charge in [0.1, 0.15) is 5.92 Å². The first-order chi connectivity index (χ1) is 11.1. The van der Waals surface area contributed by atoms with Gasteiger partial charge < -0.3 is 0 Å². The van der Waals surface area contributed by atoms with Crippen molar-refractivity contribution in [3.63, 3.8) is 0 Å². The fourth-order valence-electron chi connectivity index (χ4n) is 3.24. The lowest BCUT2D eigenvalue weighted by Gasteiger charge is -2.27. The maximum absolute atomic E-state index is 12.3. The normalized spacial score (nSPS) is 26.3. The molecule has 2 amide bonds. The van der Waals surface area contributed by atoms with Crippen LogP contribution < -0.4 is 10.4 Å². The maximum atomic E-state index is 12.3. The highest BCUT2D eigenvalue weighted by molar-refractivity contribution is 6.07. The molecule has 0 saturated carbocycles. The van der Waals surface area contributed by atoms with E-state index in [1.165, 1.54) is 0 Å². The van der Waals surface area contributed by atoms with E-state index in [1.807, 2.05) is 61.5 Å². The smallest absolute Gasteiger partial charge is 0.259 e. The molecule has 2 aromatic rings. The van der Waals surface area contributed by atoms with E-state index in [1.54, 1.807) is 5.06 Å². The molecule has 0 unspecified atom stereocenters. The van der Waals surface area contributed by atoms with E-state index >= 15 is 0 Å². The van der Waals surface area contributed by atoms with Gasteiger partial charge in [0.05, 0.1) is 11.7 Å². The summed E-state index contributed by atoms with van der Waals surface area (Å²) in [6.07, 6.45) is -0.769. The summed E-state index contributed by atoms with van der Waals surface area (Å²) >= 11 is 0. The van der Waals surface area contributed by atoms with E-state index in [0.29, 0.717) is 0 Å². The molecule has 2 aliphatic rings. The molecule has 2 fully saturated rings. The van der Waals surface area contributed by atoms with Crippen LogP contribution in [0.4, 0.5) is 5.69 Å². The molecule has 3 atom stereocenters. The van der Waals surface area contributed by atoms with Crippen molar-refractivity contribution in [2.75, 3.05) is 5.06 Å². The second kappa shape index (κ2) is 5.21. The van der Waals surface area contributed by atoms with Crippen LogP contribution in [0.25, 0.3) is 0 Å². The van der Waals surface area contributed by atoms with Gasteiger partial charge in [-0.05, 0) is 24.6 Å².